The number of hydrogen-bond acceptors (Lipinski definition) is 5. The lowest BCUT2D eigenvalue weighted by molar-refractivity contribution is 0.0999. The molecule has 8 heteroatoms. The Morgan fingerprint density at radius 3 is 2.80 bits per heavy atom. The molecule has 2 N–H and O–H groups in total. The van der Waals surface area contributed by atoms with Gasteiger partial charge in [-0.3, -0.25) is 4.79 Å². The van der Waals surface area contributed by atoms with Gasteiger partial charge in [0.05, 0.1) is 0 Å². The monoisotopic (exact) mass is 251 g/mol. The lowest BCUT2D eigenvalue weighted by Gasteiger charge is -1.90. The van der Waals surface area contributed by atoms with Crippen LogP contribution in [0.15, 0.2) is 16.5 Å². The fourth-order valence-corrected chi connectivity index (χ4v) is 2.34. The van der Waals surface area contributed by atoms with E-state index in [1.807, 2.05) is 0 Å². The number of rotatable bonds is 5. The van der Waals surface area contributed by atoms with Gasteiger partial charge in [0.2, 0.25) is 5.01 Å². The largest absolute Gasteiger partial charge is 0.363 e. The number of primary amides is 1. The standard InChI is InChI=1S/C7H7F2N3OS2/c8-4(9)2-1-3-14-7-12-11-6(15-7)5(10)13/h2H,1,3H2,(H2,10,13). The molecular weight excluding hydrogens is 244 g/mol. The van der Waals surface area contributed by atoms with Crippen molar-refractivity contribution >= 4 is 29.0 Å². The number of aromatic nitrogens is 2. The van der Waals surface area contributed by atoms with Gasteiger partial charge < -0.3 is 5.73 Å². The molecule has 0 unspecified atom stereocenters. The molecule has 1 rings (SSSR count). The number of carbonyl (C=O) groups excluding carboxylic acids is 1. The van der Waals surface area contributed by atoms with Gasteiger partial charge in [0.1, 0.15) is 0 Å². The van der Waals surface area contributed by atoms with E-state index in [0.717, 1.165) is 17.4 Å². The normalized spacial score (nSPS) is 10.0. The highest BCUT2D eigenvalue weighted by Crippen LogP contribution is 2.22. The van der Waals surface area contributed by atoms with Crippen LogP contribution in [-0.4, -0.2) is 21.9 Å². The van der Waals surface area contributed by atoms with Gasteiger partial charge in [0.25, 0.3) is 12.0 Å². The first-order valence-corrected chi connectivity index (χ1v) is 5.67. The second-order valence-electron chi connectivity index (χ2n) is 2.37. The van der Waals surface area contributed by atoms with Gasteiger partial charge in [-0.1, -0.05) is 23.1 Å². The average Bonchev–Trinajstić information content (AvgIpc) is 2.60. The molecule has 0 radical (unpaired) electrons. The Kier molecular flexibility index (Phi) is 4.63. The average molecular weight is 251 g/mol. The number of allylic oxidation sites excluding steroid dienone is 1. The minimum absolute atomic E-state index is 0.129. The number of carbonyl (C=O) groups is 1. The van der Waals surface area contributed by atoms with E-state index in [1.165, 1.54) is 11.8 Å². The molecule has 0 saturated heterocycles. The summed E-state index contributed by atoms with van der Waals surface area (Å²) < 4.78 is 23.8. The van der Waals surface area contributed by atoms with Crippen molar-refractivity contribution in [1.29, 1.82) is 0 Å². The number of nitrogens with zero attached hydrogens (tertiary/aromatic N) is 2. The van der Waals surface area contributed by atoms with Crippen LogP contribution in [0.2, 0.25) is 0 Å². The van der Waals surface area contributed by atoms with Crippen molar-refractivity contribution in [3.63, 3.8) is 0 Å². The fraction of sp³-hybridized carbons (Fsp3) is 0.286. The summed E-state index contributed by atoms with van der Waals surface area (Å²) in [6.45, 7) is 0. The molecular formula is C7H7F2N3OS2. The second-order valence-corrected chi connectivity index (χ2v) is 4.69. The van der Waals surface area contributed by atoms with Gasteiger partial charge in [0.15, 0.2) is 4.34 Å². The van der Waals surface area contributed by atoms with Crippen molar-refractivity contribution in [1.82, 2.24) is 10.2 Å². The Hall–Kier alpha value is -1.02. The van der Waals surface area contributed by atoms with Crippen LogP contribution in [0.25, 0.3) is 0 Å². The Morgan fingerprint density at radius 2 is 2.27 bits per heavy atom. The highest BCUT2D eigenvalue weighted by atomic mass is 32.2. The summed E-state index contributed by atoms with van der Waals surface area (Å²) in [6, 6.07) is 0. The minimum Gasteiger partial charge on any atom is -0.363 e. The SMILES string of the molecule is NC(=O)c1nnc(SCCC=C(F)F)s1. The Bertz CT molecular complexity index is 376. The predicted octanol–water partition coefficient (Wildman–Crippen LogP) is 1.90. The van der Waals surface area contributed by atoms with Crippen molar-refractivity contribution in [3.05, 3.63) is 17.2 Å². The van der Waals surface area contributed by atoms with E-state index >= 15 is 0 Å². The molecule has 1 heterocycles. The van der Waals surface area contributed by atoms with Crippen molar-refractivity contribution in [2.24, 2.45) is 5.73 Å². The van der Waals surface area contributed by atoms with Gasteiger partial charge in [-0.05, 0) is 12.5 Å². The number of thioether (sulfide) groups is 1. The van der Waals surface area contributed by atoms with Gasteiger partial charge in [-0.25, -0.2) is 0 Å². The van der Waals surface area contributed by atoms with E-state index in [9.17, 15) is 13.6 Å². The maximum Gasteiger partial charge on any atom is 0.279 e. The third-order valence-electron chi connectivity index (χ3n) is 1.26. The molecule has 0 atom stereocenters. The minimum atomic E-state index is -1.69. The fourth-order valence-electron chi connectivity index (χ4n) is 0.682. The van der Waals surface area contributed by atoms with Crippen LogP contribution in [0.4, 0.5) is 8.78 Å². The van der Waals surface area contributed by atoms with Crippen molar-refractivity contribution in [3.8, 4) is 0 Å². The Morgan fingerprint density at radius 1 is 1.53 bits per heavy atom. The first-order valence-electron chi connectivity index (χ1n) is 3.87. The van der Waals surface area contributed by atoms with Crippen LogP contribution < -0.4 is 5.73 Å². The summed E-state index contributed by atoms with van der Waals surface area (Å²) >= 11 is 2.32. The van der Waals surface area contributed by atoms with Crippen LogP contribution in [0, 0.1) is 0 Å². The topological polar surface area (TPSA) is 68.9 Å². The van der Waals surface area contributed by atoms with E-state index in [0.29, 0.717) is 10.1 Å². The molecule has 4 nitrogen and oxygen atoms in total. The zero-order chi connectivity index (χ0) is 11.3. The molecule has 0 aliphatic rings. The summed E-state index contributed by atoms with van der Waals surface area (Å²) in [4.78, 5) is 10.6. The maximum atomic E-state index is 11.6. The molecule has 0 aromatic carbocycles. The van der Waals surface area contributed by atoms with Crippen molar-refractivity contribution in [2.75, 3.05) is 5.75 Å². The van der Waals surface area contributed by atoms with Crippen LogP contribution >= 0.6 is 23.1 Å². The first kappa shape index (κ1) is 12.1. The molecule has 0 bridgehead atoms. The lowest BCUT2D eigenvalue weighted by Crippen LogP contribution is -2.10. The zero-order valence-corrected chi connectivity index (χ0v) is 9.08. The first-order chi connectivity index (χ1) is 7.09. The third kappa shape index (κ3) is 4.34. The Balaban J connectivity index is 2.38. The molecule has 0 spiro atoms. The number of amides is 1. The van der Waals surface area contributed by atoms with E-state index in [2.05, 4.69) is 10.2 Å². The van der Waals surface area contributed by atoms with E-state index in [4.69, 9.17) is 5.73 Å². The van der Waals surface area contributed by atoms with Crippen LogP contribution in [0.1, 0.15) is 16.2 Å². The third-order valence-corrected chi connectivity index (χ3v) is 3.36. The highest BCUT2D eigenvalue weighted by molar-refractivity contribution is 8.01. The molecule has 1 aromatic rings. The van der Waals surface area contributed by atoms with Crippen LogP contribution in [0.5, 0.6) is 0 Å². The number of nitrogens with two attached hydrogens (primary N) is 1. The molecule has 82 valence electrons. The van der Waals surface area contributed by atoms with Crippen molar-refractivity contribution < 1.29 is 13.6 Å². The summed E-state index contributed by atoms with van der Waals surface area (Å²) in [5, 5.41) is 7.35. The van der Waals surface area contributed by atoms with Gasteiger partial charge >= 0.3 is 0 Å². The lowest BCUT2D eigenvalue weighted by atomic mass is 10.5. The molecule has 0 fully saturated rings. The number of hydrogen-bond donors (Lipinski definition) is 1. The van der Waals surface area contributed by atoms with E-state index < -0.39 is 12.0 Å². The maximum absolute atomic E-state index is 11.6. The number of halogens is 2. The van der Waals surface area contributed by atoms with Gasteiger partial charge in [-0.15, -0.1) is 10.2 Å². The predicted molar refractivity (Wildman–Crippen MR) is 54.1 cm³/mol. The van der Waals surface area contributed by atoms with Crippen LogP contribution in [-0.2, 0) is 0 Å². The van der Waals surface area contributed by atoms with Gasteiger partial charge in [-0.2, -0.15) is 8.78 Å². The van der Waals surface area contributed by atoms with E-state index in [-0.39, 0.29) is 11.4 Å². The smallest absolute Gasteiger partial charge is 0.279 e. The summed E-state index contributed by atoms with van der Waals surface area (Å²) in [5.74, 6) is -0.167. The molecule has 1 aromatic heterocycles. The molecule has 1 amide bonds. The highest BCUT2D eigenvalue weighted by Gasteiger charge is 2.08. The van der Waals surface area contributed by atoms with Crippen LogP contribution in [0.3, 0.4) is 0 Å². The quantitative estimate of drug-likeness (QED) is 0.641. The van der Waals surface area contributed by atoms with Crippen molar-refractivity contribution in [2.45, 2.75) is 10.8 Å². The van der Waals surface area contributed by atoms with E-state index in [1.54, 1.807) is 0 Å². The summed E-state index contributed by atoms with van der Waals surface area (Å²) in [7, 11) is 0. The summed E-state index contributed by atoms with van der Waals surface area (Å²) in [5.41, 5.74) is 4.97. The zero-order valence-electron chi connectivity index (χ0n) is 7.44. The summed E-state index contributed by atoms with van der Waals surface area (Å²) in [6.07, 6.45) is -0.604. The second kappa shape index (κ2) is 5.76. The molecule has 0 aliphatic heterocycles. The molecule has 0 saturated carbocycles. The molecule has 0 aliphatic carbocycles. The van der Waals surface area contributed by atoms with Gasteiger partial charge in [0, 0.05) is 5.75 Å². The Labute approximate surface area is 92.6 Å². The molecule has 15 heavy (non-hydrogen) atoms.